The zero-order chi connectivity index (χ0) is 18.2. The maximum Gasteiger partial charge on any atom is 0.411 e. The van der Waals surface area contributed by atoms with E-state index in [9.17, 15) is 4.79 Å². The number of para-hydroxylation sites is 2. The van der Waals surface area contributed by atoms with Crippen LogP contribution in [0.4, 0.5) is 16.2 Å². The fourth-order valence-corrected chi connectivity index (χ4v) is 2.95. The Morgan fingerprint density at radius 2 is 1.85 bits per heavy atom. The number of ether oxygens (including phenoxy) is 1. The number of carbonyl (C=O) groups excluding carboxylic acids is 1. The van der Waals surface area contributed by atoms with E-state index in [0.717, 1.165) is 37.1 Å². The molecule has 2 aromatic rings. The molecule has 5 heteroatoms. The Kier molecular flexibility index (Phi) is 8.08. The third-order valence-corrected chi connectivity index (χ3v) is 4.20. The van der Waals surface area contributed by atoms with E-state index in [1.807, 2.05) is 49.4 Å². The lowest BCUT2D eigenvalue weighted by Crippen LogP contribution is -2.14. The van der Waals surface area contributed by atoms with Gasteiger partial charge in [-0.2, -0.15) is 0 Å². The molecule has 0 spiro atoms. The van der Waals surface area contributed by atoms with E-state index < -0.39 is 6.09 Å². The molecule has 0 aliphatic heterocycles. The topological polar surface area (TPSA) is 50.7 Å². The molecule has 0 aromatic heterocycles. The molecular formula is C22H25ClN2O2. The monoisotopic (exact) mass is 384 g/mol. The van der Waals surface area contributed by atoms with Gasteiger partial charge in [-0.3, -0.25) is 10.3 Å². The molecule has 1 aliphatic carbocycles. The number of allylic oxidation sites excluding steroid dienone is 1. The van der Waals surface area contributed by atoms with Crippen molar-refractivity contribution in [1.82, 2.24) is 0 Å². The molecule has 1 N–H and O–H groups in total. The number of hydrogen-bond acceptors (Lipinski definition) is 3. The van der Waals surface area contributed by atoms with Crippen molar-refractivity contribution in [2.75, 3.05) is 11.9 Å². The molecular weight excluding hydrogens is 360 g/mol. The van der Waals surface area contributed by atoms with E-state index in [4.69, 9.17) is 9.73 Å². The van der Waals surface area contributed by atoms with Crippen molar-refractivity contribution in [2.24, 2.45) is 4.99 Å². The number of nitrogens with one attached hydrogen (secondary N) is 1. The van der Waals surface area contributed by atoms with Gasteiger partial charge in [-0.15, -0.1) is 12.4 Å². The van der Waals surface area contributed by atoms with E-state index in [2.05, 4.69) is 23.5 Å². The molecule has 1 fully saturated rings. The average Bonchev–Trinajstić information content (AvgIpc) is 3.09. The molecule has 0 atom stereocenters. The highest BCUT2D eigenvalue weighted by Gasteiger charge is 2.16. The molecule has 0 unspecified atom stereocenters. The van der Waals surface area contributed by atoms with Gasteiger partial charge in [-0.1, -0.05) is 49.4 Å². The second-order valence-corrected chi connectivity index (χ2v) is 6.27. The van der Waals surface area contributed by atoms with Crippen LogP contribution in [0.2, 0.25) is 0 Å². The highest BCUT2D eigenvalue weighted by molar-refractivity contribution is 6.07. The van der Waals surface area contributed by atoms with Crippen molar-refractivity contribution in [1.29, 1.82) is 0 Å². The van der Waals surface area contributed by atoms with Gasteiger partial charge in [0.1, 0.15) is 0 Å². The van der Waals surface area contributed by atoms with Crippen LogP contribution in [-0.2, 0) is 4.74 Å². The van der Waals surface area contributed by atoms with Crippen LogP contribution in [0.5, 0.6) is 0 Å². The average molecular weight is 385 g/mol. The van der Waals surface area contributed by atoms with Crippen molar-refractivity contribution < 1.29 is 9.53 Å². The lowest BCUT2D eigenvalue weighted by atomic mass is 10.1. The standard InChI is InChI=1S/C22H24N2O2.ClH/c1-2-15-26-22(25)24-21-13-7-6-12-20(21)23-19-14-8-11-18(19)16-17-9-4-3-5-10-17;/h3-7,9-10,12-13,16H,2,8,11,14-15H2,1H3,(H,24,25);1H/b18-16-,23-19?;. The second-order valence-electron chi connectivity index (χ2n) is 6.27. The van der Waals surface area contributed by atoms with E-state index in [-0.39, 0.29) is 12.4 Å². The van der Waals surface area contributed by atoms with Crippen LogP contribution in [-0.4, -0.2) is 18.4 Å². The molecule has 0 bridgehead atoms. The van der Waals surface area contributed by atoms with Crippen LogP contribution in [0.25, 0.3) is 6.08 Å². The molecule has 27 heavy (non-hydrogen) atoms. The summed E-state index contributed by atoms with van der Waals surface area (Å²) in [4.78, 5) is 16.7. The Morgan fingerprint density at radius 3 is 2.63 bits per heavy atom. The first-order chi connectivity index (χ1) is 12.8. The molecule has 1 aliphatic rings. The van der Waals surface area contributed by atoms with Gasteiger partial charge in [0.05, 0.1) is 18.0 Å². The van der Waals surface area contributed by atoms with Crippen LogP contribution >= 0.6 is 12.4 Å². The number of hydrogen-bond donors (Lipinski definition) is 1. The van der Waals surface area contributed by atoms with Crippen LogP contribution in [0, 0.1) is 0 Å². The predicted octanol–water partition coefficient (Wildman–Crippen LogP) is 6.41. The lowest BCUT2D eigenvalue weighted by molar-refractivity contribution is 0.161. The first-order valence-corrected chi connectivity index (χ1v) is 9.12. The zero-order valence-electron chi connectivity index (χ0n) is 15.5. The van der Waals surface area contributed by atoms with Gasteiger partial charge in [0.2, 0.25) is 0 Å². The number of amides is 1. The molecule has 4 nitrogen and oxygen atoms in total. The quantitative estimate of drug-likeness (QED) is 0.647. The van der Waals surface area contributed by atoms with Crippen LogP contribution in [0.3, 0.4) is 0 Å². The van der Waals surface area contributed by atoms with Gasteiger partial charge in [0.15, 0.2) is 0 Å². The smallest absolute Gasteiger partial charge is 0.411 e. The SMILES string of the molecule is CCCOC(=O)Nc1ccccc1N=C1CCC/C1=C/c1ccccc1.Cl. The van der Waals surface area contributed by atoms with Crippen LogP contribution in [0.1, 0.15) is 38.2 Å². The van der Waals surface area contributed by atoms with Crippen molar-refractivity contribution in [2.45, 2.75) is 32.6 Å². The van der Waals surface area contributed by atoms with Crippen molar-refractivity contribution in [3.63, 3.8) is 0 Å². The summed E-state index contributed by atoms with van der Waals surface area (Å²) >= 11 is 0. The van der Waals surface area contributed by atoms with Gasteiger partial charge in [0.25, 0.3) is 0 Å². The minimum atomic E-state index is -0.439. The summed E-state index contributed by atoms with van der Waals surface area (Å²) < 4.78 is 5.11. The van der Waals surface area contributed by atoms with Gasteiger partial charge < -0.3 is 4.74 Å². The second kappa shape index (κ2) is 10.5. The first kappa shape index (κ1) is 20.7. The highest BCUT2D eigenvalue weighted by atomic mass is 35.5. The summed E-state index contributed by atoms with van der Waals surface area (Å²) in [7, 11) is 0. The fourth-order valence-electron chi connectivity index (χ4n) is 2.95. The molecule has 1 saturated carbocycles. The van der Waals surface area contributed by atoms with Gasteiger partial charge in [0, 0.05) is 5.71 Å². The summed E-state index contributed by atoms with van der Waals surface area (Å²) in [5, 5.41) is 2.80. The molecule has 0 heterocycles. The summed E-state index contributed by atoms with van der Waals surface area (Å²) in [6.07, 6.45) is 5.65. The van der Waals surface area contributed by atoms with Crippen molar-refractivity contribution in [3.8, 4) is 0 Å². The molecule has 0 radical (unpaired) electrons. The summed E-state index contributed by atoms with van der Waals surface area (Å²) in [5.74, 6) is 0. The molecule has 0 saturated heterocycles. The Labute approximate surface area is 166 Å². The third kappa shape index (κ3) is 5.97. The lowest BCUT2D eigenvalue weighted by Gasteiger charge is -2.09. The summed E-state index contributed by atoms with van der Waals surface area (Å²) in [6, 6.07) is 17.9. The van der Waals surface area contributed by atoms with Crippen LogP contribution in [0.15, 0.2) is 65.2 Å². The van der Waals surface area contributed by atoms with Gasteiger partial charge >= 0.3 is 6.09 Å². The number of anilines is 1. The van der Waals surface area contributed by atoms with Gasteiger partial charge in [-0.25, -0.2) is 4.79 Å². The molecule has 1 amide bonds. The van der Waals surface area contributed by atoms with Gasteiger partial charge in [-0.05, 0) is 55.0 Å². The zero-order valence-corrected chi connectivity index (χ0v) is 16.3. The predicted molar refractivity (Wildman–Crippen MR) is 114 cm³/mol. The van der Waals surface area contributed by atoms with Crippen LogP contribution < -0.4 is 5.32 Å². The van der Waals surface area contributed by atoms with E-state index in [1.165, 1.54) is 11.1 Å². The maximum absolute atomic E-state index is 11.9. The summed E-state index contributed by atoms with van der Waals surface area (Å²) in [5.41, 5.74) is 4.97. The Hall–Kier alpha value is -2.59. The maximum atomic E-state index is 11.9. The van der Waals surface area contributed by atoms with E-state index in [1.54, 1.807) is 0 Å². The minimum Gasteiger partial charge on any atom is -0.449 e. The number of aliphatic imine (C=N–C) groups is 1. The van der Waals surface area contributed by atoms with E-state index in [0.29, 0.717) is 12.3 Å². The molecule has 3 rings (SSSR count). The Bertz CT molecular complexity index is 816. The van der Waals surface area contributed by atoms with E-state index >= 15 is 0 Å². The minimum absolute atomic E-state index is 0. The molecule has 2 aromatic carbocycles. The summed E-state index contributed by atoms with van der Waals surface area (Å²) in [6.45, 7) is 2.38. The fraction of sp³-hybridized carbons (Fsp3) is 0.273. The first-order valence-electron chi connectivity index (χ1n) is 9.12. The largest absolute Gasteiger partial charge is 0.449 e. The number of carbonyl (C=O) groups is 1. The number of nitrogens with zero attached hydrogens (tertiary/aromatic N) is 1. The van der Waals surface area contributed by atoms with Crippen molar-refractivity contribution in [3.05, 3.63) is 65.7 Å². The molecule has 142 valence electrons. The number of halogens is 1. The number of rotatable bonds is 5. The highest BCUT2D eigenvalue weighted by Crippen LogP contribution is 2.30. The number of benzene rings is 2. The van der Waals surface area contributed by atoms with Crippen molar-refractivity contribution >= 4 is 41.7 Å². The Balaban J connectivity index is 0.00000261. The Morgan fingerprint density at radius 1 is 1.11 bits per heavy atom. The normalized spacial score (nSPS) is 16.2. The third-order valence-electron chi connectivity index (χ3n) is 4.20.